The molecule has 0 spiro atoms. The summed E-state index contributed by atoms with van der Waals surface area (Å²) in [6.45, 7) is 13.7. The Kier molecular flexibility index (Phi) is 13.7. The van der Waals surface area contributed by atoms with E-state index in [4.69, 9.17) is 8.69 Å². The van der Waals surface area contributed by atoms with E-state index >= 15 is 0 Å². The van der Waals surface area contributed by atoms with Gasteiger partial charge in [-0.05, 0) is 53.9 Å². The second kappa shape index (κ2) is 15.1. The first-order chi connectivity index (χ1) is 15.0. The Morgan fingerprint density at radius 2 is 0.968 bits per heavy atom. The van der Waals surface area contributed by atoms with E-state index in [1.165, 1.54) is 74.8 Å². The molecule has 6 heteroatoms. The molecular weight excluding hydrogens is 413 g/mol. The Morgan fingerprint density at radius 3 is 1.23 bits per heavy atom. The number of hydrogen-bond donors (Lipinski definition) is 0. The summed E-state index contributed by atoms with van der Waals surface area (Å²) in [7, 11) is -4.08. The zero-order chi connectivity index (χ0) is 23.2. The van der Waals surface area contributed by atoms with Gasteiger partial charge in [0.15, 0.2) is 16.6 Å². The molecule has 0 N–H and O–H groups in total. The van der Waals surface area contributed by atoms with Crippen molar-refractivity contribution in [1.82, 2.24) is 0 Å². The summed E-state index contributed by atoms with van der Waals surface area (Å²) in [5.41, 5.74) is 1.79. The van der Waals surface area contributed by atoms with Gasteiger partial charge in [-0.3, -0.25) is 0 Å². The van der Waals surface area contributed by atoms with Crippen molar-refractivity contribution in [2.45, 2.75) is 116 Å². The highest BCUT2D eigenvalue weighted by Crippen LogP contribution is 2.32. The van der Waals surface area contributed by atoms with Crippen molar-refractivity contribution in [3.63, 3.8) is 0 Å². The minimum atomic E-state index is -1.90. The Labute approximate surface area is 195 Å². The molecule has 0 fully saturated rings. The molecule has 31 heavy (non-hydrogen) atoms. The molecule has 0 amide bonds. The van der Waals surface area contributed by atoms with E-state index in [0.717, 1.165) is 5.46 Å². The fourth-order valence-corrected chi connectivity index (χ4v) is 14.2. The number of nitriles is 1. The van der Waals surface area contributed by atoms with E-state index in [2.05, 4.69) is 59.7 Å². The summed E-state index contributed by atoms with van der Waals surface area (Å²) < 4.78 is 14.4. The smallest absolute Gasteiger partial charge is 0.449 e. The van der Waals surface area contributed by atoms with E-state index in [0.29, 0.717) is 5.56 Å². The third-order valence-corrected chi connectivity index (χ3v) is 16.2. The molecule has 0 aliphatic rings. The van der Waals surface area contributed by atoms with E-state index in [1.54, 1.807) is 0 Å². The maximum atomic E-state index is 9.26. The van der Waals surface area contributed by atoms with Crippen molar-refractivity contribution in [1.29, 1.82) is 5.26 Å². The van der Waals surface area contributed by atoms with E-state index in [1.807, 2.05) is 12.1 Å². The first-order valence-electron chi connectivity index (χ1n) is 12.8. The van der Waals surface area contributed by atoms with Gasteiger partial charge in [-0.25, -0.2) is 0 Å². The molecule has 1 aromatic carbocycles. The highest BCUT2D eigenvalue weighted by Gasteiger charge is 2.43. The Balaban J connectivity index is 3.41. The van der Waals surface area contributed by atoms with Crippen molar-refractivity contribution < 1.29 is 8.69 Å². The van der Waals surface area contributed by atoms with Crippen LogP contribution in [0.4, 0.5) is 0 Å². The number of benzene rings is 1. The van der Waals surface area contributed by atoms with Crippen molar-refractivity contribution in [2.75, 3.05) is 0 Å². The minimum absolute atomic E-state index is 0.277. The fraction of sp³-hybridized carbons (Fsp3) is 0.720. The number of nitrogens with zero attached hydrogens (tertiary/aromatic N) is 1. The molecule has 0 radical (unpaired) electrons. The molecule has 3 nitrogen and oxygen atoms in total. The van der Waals surface area contributed by atoms with Gasteiger partial charge in [0.2, 0.25) is 0 Å². The quantitative estimate of drug-likeness (QED) is 0.225. The largest absolute Gasteiger partial charge is 0.472 e. The van der Waals surface area contributed by atoms with Crippen LogP contribution < -0.4 is 5.46 Å². The third-order valence-electron chi connectivity index (χ3n) is 6.26. The van der Waals surface area contributed by atoms with Gasteiger partial charge < -0.3 is 8.69 Å². The summed E-state index contributed by atoms with van der Waals surface area (Å²) in [4.78, 5) is 0. The predicted octanol–water partition coefficient (Wildman–Crippen LogP) is 7.64. The molecule has 1 rings (SSSR count). The molecular formula is C25H46BNO2Si2. The summed E-state index contributed by atoms with van der Waals surface area (Å²) in [5, 5.41) is 9.26. The third kappa shape index (κ3) is 8.88. The molecule has 0 heterocycles. The first kappa shape index (κ1) is 28.2. The minimum Gasteiger partial charge on any atom is -0.449 e. The van der Waals surface area contributed by atoms with E-state index < -0.39 is 16.6 Å². The van der Waals surface area contributed by atoms with Crippen LogP contribution in [0.25, 0.3) is 0 Å². The van der Waals surface area contributed by atoms with Gasteiger partial charge in [0, 0.05) is 0 Å². The van der Waals surface area contributed by atoms with Crippen LogP contribution in [-0.2, 0) is 8.69 Å². The first-order valence-corrected chi connectivity index (χ1v) is 17.9. The zero-order valence-corrected chi connectivity index (χ0v) is 23.1. The van der Waals surface area contributed by atoms with Gasteiger partial charge in [0.1, 0.15) is 0 Å². The maximum Gasteiger partial charge on any atom is 0.472 e. The molecule has 0 atom stereocenters. The highest BCUT2D eigenvalue weighted by atomic mass is 28.4. The lowest BCUT2D eigenvalue weighted by molar-refractivity contribution is 0.407. The molecule has 0 unspecified atom stereocenters. The molecule has 1 aromatic rings. The van der Waals surface area contributed by atoms with Crippen LogP contribution in [0, 0.1) is 11.3 Å². The summed E-state index contributed by atoms with van der Waals surface area (Å²) in [6.07, 6.45) is 7.05. The molecule has 0 saturated carbocycles. The molecule has 0 saturated heterocycles. The lowest BCUT2D eigenvalue weighted by Crippen LogP contribution is -2.55. The molecule has 0 aliphatic heterocycles. The average molecular weight is 460 g/mol. The SMILES string of the molecule is CCC[Si](CCC)(CCC)OB(O[Si](CCC)(CCC)CCC)c1ccc(C#N)cc1. The van der Waals surface area contributed by atoms with Gasteiger partial charge in [0.05, 0.1) is 11.6 Å². The van der Waals surface area contributed by atoms with Crippen LogP contribution >= 0.6 is 0 Å². The van der Waals surface area contributed by atoms with Crippen LogP contribution in [0.1, 0.15) is 85.6 Å². The van der Waals surface area contributed by atoms with Gasteiger partial charge >= 0.3 is 7.12 Å². The topological polar surface area (TPSA) is 42.2 Å². The van der Waals surface area contributed by atoms with Crippen molar-refractivity contribution in [2.24, 2.45) is 0 Å². The van der Waals surface area contributed by atoms with Gasteiger partial charge in [-0.2, -0.15) is 5.26 Å². The second-order valence-electron chi connectivity index (χ2n) is 9.17. The monoisotopic (exact) mass is 459 g/mol. The fourth-order valence-electron chi connectivity index (χ4n) is 5.17. The summed E-state index contributed by atoms with van der Waals surface area (Å²) >= 11 is 0. The zero-order valence-electron chi connectivity index (χ0n) is 21.1. The van der Waals surface area contributed by atoms with Crippen molar-refractivity contribution >= 4 is 29.2 Å². The number of rotatable bonds is 17. The summed E-state index contributed by atoms with van der Waals surface area (Å²) in [5.74, 6) is 0. The van der Waals surface area contributed by atoms with Crippen LogP contribution in [-0.4, -0.2) is 23.8 Å². The van der Waals surface area contributed by atoms with Crippen molar-refractivity contribution in [3.8, 4) is 6.07 Å². The molecule has 174 valence electrons. The lowest BCUT2D eigenvalue weighted by atomic mass is 9.80. The summed E-state index contributed by atoms with van der Waals surface area (Å²) in [6, 6.07) is 17.4. The van der Waals surface area contributed by atoms with Gasteiger partial charge in [-0.15, -0.1) is 0 Å². The normalized spacial score (nSPS) is 12.0. The predicted molar refractivity (Wildman–Crippen MR) is 141 cm³/mol. The Hall–Kier alpha value is -0.871. The average Bonchev–Trinajstić information content (AvgIpc) is 2.74. The molecule has 0 aliphatic carbocycles. The second-order valence-corrected chi connectivity index (χ2v) is 17.4. The Morgan fingerprint density at radius 1 is 0.645 bits per heavy atom. The standard InChI is InChI=1S/C25H46BNO2Si2/c1-7-17-30(18-8-2,19-9-3)28-26(25-15-13-24(23-27)14-16-25)29-31(20-10-4,21-11-5)22-12-6/h13-16H,7-12,17-22H2,1-6H3. The molecule has 0 bridgehead atoms. The van der Waals surface area contributed by atoms with Crippen molar-refractivity contribution in [3.05, 3.63) is 29.8 Å². The van der Waals surface area contributed by atoms with Crippen LogP contribution in [0.15, 0.2) is 24.3 Å². The Bertz CT molecular complexity index is 586. The van der Waals surface area contributed by atoms with E-state index in [-0.39, 0.29) is 7.12 Å². The highest BCUT2D eigenvalue weighted by molar-refractivity contribution is 6.87. The van der Waals surface area contributed by atoms with Crippen LogP contribution in [0.5, 0.6) is 0 Å². The van der Waals surface area contributed by atoms with E-state index in [9.17, 15) is 5.26 Å². The van der Waals surface area contributed by atoms with Crippen LogP contribution in [0.3, 0.4) is 0 Å². The van der Waals surface area contributed by atoms with Gasteiger partial charge in [-0.1, -0.05) is 92.2 Å². The number of hydrogen-bond acceptors (Lipinski definition) is 3. The van der Waals surface area contributed by atoms with Gasteiger partial charge in [0.25, 0.3) is 0 Å². The maximum absolute atomic E-state index is 9.26. The molecule has 0 aromatic heterocycles. The van der Waals surface area contributed by atoms with Crippen LogP contribution in [0.2, 0.25) is 36.3 Å². The lowest BCUT2D eigenvalue weighted by Gasteiger charge is -2.39.